The van der Waals surface area contributed by atoms with Crippen LogP contribution in [0.1, 0.15) is 5.56 Å². The molecule has 0 aromatic carbocycles. The van der Waals surface area contributed by atoms with Crippen LogP contribution in [0.5, 0.6) is 0 Å². The Labute approximate surface area is 129 Å². The van der Waals surface area contributed by atoms with Gasteiger partial charge in [0.1, 0.15) is 15.2 Å². The summed E-state index contributed by atoms with van der Waals surface area (Å²) in [5, 5.41) is 11.7. The third-order valence-electron chi connectivity index (χ3n) is 2.74. The van der Waals surface area contributed by atoms with E-state index in [4.69, 9.17) is 16.8 Å². The molecule has 0 saturated carbocycles. The average molecular weight is 352 g/mol. The van der Waals surface area contributed by atoms with Crippen LogP contribution in [0.3, 0.4) is 0 Å². The van der Waals surface area contributed by atoms with Crippen molar-refractivity contribution in [2.45, 2.75) is 6.54 Å². The maximum absolute atomic E-state index is 11.6. The predicted octanol–water partition coefficient (Wildman–Crippen LogP) is -0.131. The maximum Gasteiger partial charge on any atom is 0.391 e. The van der Waals surface area contributed by atoms with E-state index >= 15 is 0 Å². The molecule has 12 heteroatoms. The van der Waals surface area contributed by atoms with Crippen LogP contribution < -0.4 is 4.89 Å². The summed E-state index contributed by atoms with van der Waals surface area (Å²) < 4.78 is 0.910. The fourth-order valence-electron chi connectivity index (χ4n) is 1.88. The summed E-state index contributed by atoms with van der Waals surface area (Å²) in [6.45, 7) is -3.35. The van der Waals surface area contributed by atoms with E-state index in [1.54, 1.807) is 12.1 Å². The molecule has 2 rings (SSSR count). The van der Waals surface area contributed by atoms with Crippen LogP contribution in [0.4, 0.5) is 0 Å². The Morgan fingerprint density at radius 1 is 1.57 bits per heavy atom. The SMILES string of the molecule is O=[N+](O)N=C1N(Cc2ccc(Cl)nc2)CCN1P([O-])(O)=S. The highest BCUT2D eigenvalue weighted by molar-refractivity contribution is 8.07. The zero-order valence-corrected chi connectivity index (χ0v) is 13.0. The fourth-order valence-corrected chi connectivity index (χ4v) is 3.19. The summed E-state index contributed by atoms with van der Waals surface area (Å²) in [6.07, 6.45) is 1.53. The largest absolute Gasteiger partial charge is 0.785 e. The third kappa shape index (κ3) is 4.08. The summed E-state index contributed by atoms with van der Waals surface area (Å²) in [5.41, 5.74) is 0.751. The lowest BCUT2D eigenvalue weighted by Gasteiger charge is -2.32. The van der Waals surface area contributed by atoms with Crippen molar-refractivity contribution >= 4 is 36.0 Å². The average Bonchev–Trinajstić information content (AvgIpc) is 2.74. The summed E-state index contributed by atoms with van der Waals surface area (Å²) >= 11 is 10.2. The van der Waals surface area contributed by atoms with Gasteiger partial charge in [-0.2, -0.15) is 0 Å². The predicted molar refractivity (Wildman–Crippen MR) is 75.7 cm³/mol. The van der Waals surface area contributed by atoms with Gasteiger partial charge in [-0.05, 0) is 11.6 Å². The molecular weight excluding hydrogens is 341 g/mol. The molecular formula is C9H11ClN5O4PS. The molecule has 114 valence electrons. The van der Waals surface area contributed by atoms with Crippen LogP contribution in [0.2, 0.25) is 5.15 Å². The molecule has 1 saturated heterocycles. The van der Waals surface area contributed by atoms with Gasteiger partial charge in [0.15, 0.2) is 0 Å². The van der Waals surface area contributed by atoms with Gasteiger partial charge in [0.2, 0.25) is 0 Å². The number of hydrogen-bond acceptors (Lipinski definition) is 4. The molecule has 1 aliphatic rings. The molecule has 2 N–H and O–H groups in total. The van der Waals surface area contributed by atoms with Gasteiger partial charge >= 0.3 is 5.03 Å². The van der Waals surface area contributed by atoms with Crippen molar-refractivity contribution in [1.29, 1.82) is 0 Å². The second-order valence-electron chi connectivity index (χ2n) is 4.18. The van der Waals surface area contributed by atoms with E-state index in [1.165, 1.54) is 11.1 Å². The van der Waals surface area contributed by atoms with E-state index in [-0.39, 0.29) is 19.0 Å². The Morgan fingerprint density at radius 3 is 2.81 bits per heavy atom. The van der Waals surface area contributed by atoms with Gasteiger partial charge in [-0.25, -0.2) is 10.2 Å². The van der Waals surface area contributed by atoms with Crippen molar-refractivity contribution in [2.75, 3.05) is 13.1 Å². The quantitative estimate of drug-likeness (QED) is 0.438. The monoisotopic (exact) mass is 351 g/mol. The molecule has 0 amide bonds. The van der Waals surface area contributed by atoms with Crippen LogP contribution in [0, 0.1) is 4.91 Å². The summed E-state index contributed by atoms with van der Waals surface area (Å²) in [5.74, 6) is -0.164. The van der Waals surface area contributed by atoms with Gasteiger partial charge in [-0.1, -0.05) is 29.5 Å². The zero-order chi connectivity index (χ0) is 15.6. The molecule has 1 unspecified atom stereocenters. The first kappa shape index (κ1) is 16.1. The number of hydrazone groups is 1. The van der Waals surface area contributed by atoms with Crippen molar-refractivity contribution < 1.29 is 20.0 Å². The molecule has 1 aromatic rings. The lowest BCUT2D eigenvalue weighted by Crippen LogP contribution is -2.35. The lowest BCUT2D eigenvalue weighted by atomic mass is 10.3. The number of hydrogen-bond donors (Lipinski definition) is 2. The van der Waals surface area contributed by atoms with E-state index in [0.29, 0.717) is 11.7 Å². The Balaban J connectivity index is 2.24. The molecule has 1 fully saturated rings. The molecule has 1 aliphatic heterocycles. The number of pyridine rings is 1. The van der Waals surface area contributed by atoms with Crippen LogP contribution in [0.15, 0.2) is 23.4 Å². The van der Waals surface area contributed by atoms with E-state index in [1.807, 2.05) is 0 Å². The summed E-state index contributed by atoms with van der Waals surface area (Å²) in [7, 11) is 0. The Bertz CT molecular complexity index is 621. The van der Waals surface area contributed by atoms with Gasteiger partial charge in [0, 0.05) is 25.8 Å². The molecule has 9 nitrogen and oxygen atoms in total. The molecule has 2 heterocycles. The topological polar surface area (TPSA) is 115 Å². The molecule has 21 heavy (non-hydrogen) atoms. The first-order valence-electron chi connectivity index (χ1n) is 5.69. The van der Waals surface area contributed by atoms with Crippen molar-refractivity contribution in [3.8, 4) is 0 Å². The molecule has 0 spiro atoms. The smallest absolute Gasteiger partial charge is 0.391 e. The van der Waals surface area contributed by atoms with Crippen LogP contribution in [-0.4, -0.2) is 48.7 Å². The minimum absolute atomic E-state index is 0.116. The van der Waals surface area contributed by atoms with Crippen molar-refractivity contribution in [2.24, 2.45) is 5.10 Å². The highest BCUT2D eigenvalue weighted by Gasteiger charge is 2.33. The number of aromatic nitrogens is 1. The fraction of sp³-hybridized carbons (Fsp3) is 0.333. The van der Waals surface area contributed by atoms with Crippen molar-refractivity contribution in [3.05, 3.63) is 34.0 Å². The lowest BCUT2D eigenvalue weighted by molar-refractivity contribution is -0.796. The molecule has 1 aromatic heterocycles. The normalized spacial score (nSPS) is 19.9. The molecule has 0 aliphatic carbocycles. The Kier molecular flexibility index (Phi) is 4.74. The number of guanidine groups is 1. The van der Waals surface area contributed by atoms with Gasteiger partial charge < -0.3 is 14.7 Å². The standard InChI is InChI=1S/C9H11ClN5O4PS/c10-8-2-1-7(5-11-8)6-13-3-4-14(20(18,19)21)9(13)12-15(16)17/h1-2,5H,3-4,6H2,(H2-,16,17,18,19,21). The number of halogens is 1. The van der Waals surface area contributed by atoms with E-state index in [2.05, 4.69) is 21.9 Å². The highest BCUT2D eigenvalue weighted by atomic mass is 35.5. The summed E-state index contributed by atoms with van der Waals surface area (Å²) in [4.78, 5) is 37.2. The van der Waals surface area contributed by atoms with Gasteiger partial charge in [-0.15, -0.1) is 0 Å². The van der Waals surface area contributed by atoms with Crippen molar-refractivity contribution in [1.82, 2.24) is 14.6 Å². The Morgan fingerprint density at radius 2 is 2.29 bits per heavy atom. The van der Waals surface area contributed by atoms with E-state index < -0.39 is 11.7 Å². The maximum atomic E-state index is 11.6. The second-order valence-corrected chi connectivity index (χ2v) is 7.46. The number of nitrogens with zero attached hydrogens (tertiary/aromatic N) is 5. The minimum Gasteiger partial charge on any atom is -0.785 e. The first-order chi connectivity index (χ1) is 9.77. The van der Waals surface area contributed by atoms with Crippen LogP contribution >= 0.6 is 18.2 Å². The van der Waals surface area contributed by atoms with Gasteiger partial charge in [0.05, 0.1) is 6.64 Å². The second kappa shape index (κ2) is 6.20. The van der Waals surface area contributed by atoms with Crippen LogP contribution in [0.25, 0.3) is 0 Å². The molecule has 0 radical (unpaired) electrons. The van der Waals surface area contributed by atoms with E-state index in [9.17, 15) is 14.7 Å². The molecule has 0 bridgehead atoms. The van der Waals surface area contributed by atoms with Crippen molar-refractivity contribution in [3.63, 3.8) is 0 Å². The first-order valence-corrected chi connectivity index (χ1v) is 8.69. The van der Waals surface area contributed by atoms with Crippen LogP contribution in [-0.2, 0) is 18.4 Å². The summed E-state index contributed by atoms with van der Waals surface area (Å²) in [6, 6.07) is 3.31. The molecule has 1 atom stereocenters. The van der Waals surface area contributed by atoms with E-state index in [0.717, 1.165) is 10.2 Å². The number of rotatable bonds is 4. The Hall–Kier alpha value is -1.32. The highest BCUT2D eigenvalue weighted by Crippen LogP contribution is 2.39. The third-order valence-corrected chi connectivity index (χ3v) is 4.54. The van der Waals surface area contributed by atoms with Gasteiger partial charge in [0.25, 0.3) is 5.96 Å². The minimum atomic E-state index is -4.04. The zero-order valence-electron chi connectivity index (χ0n) is 10.5. The van der Waals surface area contributed by atoms with Gasteiger partial charge in [-0.3, -0.25) is 4.67 Å².